The third-order valence-electron chi connectivity index (χ3n) is 4.89. The van der Waals surface area contributed by atoms with E-state index in [1.807, 2.05) is 13.8 Å². The van der Waals surface area contributed by atoms with Crippen LogP contribution in [0.2, 0.25) is 5.02 Å². The van der Waals surface area contributed by atoms with E-state index in [0.717, 1.165) is 0 Å². The third-order valence-corrected chi connectivity index (χ3v) is 5.13. The lowest BCUT2D eigenvalue weighted by Crippen LogP contribution is -2.27. The minimum absolute atomic E-state index is 0.284. The molecule has 8 nitrogen and oxygen atoms in total. The number of hydrogen-bond donors (Lipinski definition) is 1. The van der Waals surface area contributed by atoms with Gasteiger partial charge in [-0.05, 0) is 59.3 Å². The molecule has 162 valence electrons. The highest BCUT2D eigenvalue weighted by molar-refractivity contribution is 6.30. The number of tetrazole rings is 1. The molecule has 0 aliphatic carbocycles. The number of nitrogens with one attached hydrogen (secondary N) is 1. The van der Waals surface area contributed by atoms with Crippen LogP contribution in [0.25, 0.3) is 16.8 Å². The van der Waals surface area contributed by atoms with Gasteiger partial charge in [-0.3, -0.25) is 14.8 Å². The average Bonchev–Trinajstić information content (AvgIpc) is 3.28. The van der Waals surface area contributed by atoms with Crippen LogP contribution in [0.15, 0.2) is 55.0 Å². The third kappa shape index (κ3) is 4.47. The Labute approximate surface area is 188 Å². The smallest absolute Gasteiger partial charge is 0.251 e. The van der Waals surface area contributed by atoms with Crippen LogP contribution in [0.3, 0.4) is 0 Å². The van der Waals surface area contributed by atoms with E-state index < -0.39 is 5.82 Å². The highest BCUT2D eigenvalue weighted by Gasteiger charge is 2.18. The molecule has 0 aliphatic heterocycles. The minimum atomic E-state index is -0.499. The number of benzene rings is 2. The molecule has 2 aromatic carbocycles. The Balaban J connectivity index is 1.77. The summed E-state index contributed by atoms with van der Waals surface area (Å²) in [7, 11) is 0. The van der Waals surface area contributed by atoms with E-state index in [2.05, 4.69) is 30.8 Å². The van der Waals surface area contributed by atoms with Crippen molar-refractivity contribution >= 4 is 17.5 Å². The van der Waals surface area contributed by atoms with E-state index in [4.69, 9.17) is 11.6 Å². The molecule has 0 bridgehead atoms. The van der Waals surface area contributed by atoms with Gasteiger partial charge in [0.2, 0.25) is 0 Å². The summed E-state index contributed by atoms with van der Waals surface area (Å²) in [6, 6.07) is 9.02. The van der Waals surface area contributed by atoms with Crippen LogP contribution >= 0.6 is 11.6 Å². The summed E-state index contributed by atoms with van der Waals surface area (Å²) in [5.74, 6) is -0.244. The highest BCUT2D eigenvalue weighted by atomic mass is 35.5. The molecule has 0 spiro atoms. The van der Waals surface area contributed by atoms with Gasteiger partial charge in [0, 0.05) is 35.0 Å². The molecule has 2 aromatic heterocycles. The molecule has 1 unspecified atom stereocenters. The molecule has 1 amide bonds. The number of nitrogens with zero attached hydrogens (tertiary/aromatic N) is 6. The zero-order valence-electron chi connectivity index (χ0n) is 17.3. The fourth-order valence-corrected chi connectivity index (χ4v) is 3.42. The fraction of sp³-hybridized carbons (Fsp3) is 0.182. The second kappa shape index (κ2) is 9.19. The van der Waals surface area contributed by atoms with Gasteiger partial charge in [-0.15, -0.1) is 5.10 Å². The molecule has 1 N–H and O–H groups in total. The molecule has 4 aromatic rings. The van der Waals surface area contributed by atoms with Crippen molar-refractivity contribution in [2.45, 2.75) is 26.3 Å². The normalized spacial score (nSPS) is 11.9. The lowest BCUT2D eigenvalue weighted by atomic mass is 10.0. The van der Waals surface area contributed by atoms with Gasteiger partial charge in [-0.25, -0.2) is 4.39 Å². The summed E-state index contributed by atoms with van der Waals surface area (Å²) in [5.41, 5.74) is 2.27. The summed E-state index contributed by atoms with van der Waals surface area (Å²) in [6.07, 6.45) is 5.29. The molecule has 4 rings (SSSR count). The minimum Gasteiger partial charge on any atom is -0.344 e. The lowest BCUT2D eigenvalue weighted by molar-refractivity contribution is 0.0939. The van der Waals surface area contributed by atoms with Crippen LogP contribution in [0, 0.1) is 5.82 Å². The Kier molecular flexibility index (Phi) is 6.18. The molecule has 10 heteroatoms. The number of hydrogen-bond acceptors (Lipinski definition) is 6. The Bertz CT molecular complexity index is 1260. The molecule has 2 heterocycles. The summed E-state index contributed by atoms with van der Waals surface area (Å²) in [6.45, 7) is 3.73. The molecule has 0 fully saturated rings. The largest absolute Gasteiger partial charge is 0.344 e. The highest BCUT2D eigenvalue weighted by Crippen LogP contribution is 2.29. The first-order chi connectivity index (χ1) is 15.5. The van der Waals surface area contributed by atoms with Gasteiger partial charge in [0.1, 0.15) is 5.82 Å². The molecular weight excluding hydrogens is 433 g/mol. The summed E-state index contributed by atoms with van der Waals surface area (Å²) in [5, 5.41) is 14.9. The average molecular weight is 452 g/mol. The molecule has 0 radical (unpaired) electrons. The molecular formula is C22H19ClFN7O. The van der Waals surface area contributed by atoms with Gasteiger partial charge >= 0.3 is 0 Å². The van der Waals surface area contributed by atoms with Crippen LogP contribution < -0.4 is 5.32 Å². The van der Waals surface area contributed by atoms with Crippen molar-refractivity contribution < 1.29 is 9.18 Å². The second-order valence-corrected chi connectivity index (χ2v) is 7.52. The fourth-order valence-electron chi connectivity index (χ4n) is 3.26. The van der Waals surface area contributed by atoms with E-state index in [-0.39, 0.29) is 17.0 Å². The molecule has 32 heavy (non-hydrogen) atoms. The predicted molar refractivity (Wildman–Crippen MR) is 117 cm³/mol. The van der Waals surface area contributed by atoms with Crippen LogP contribution in [0.4, 0.5) is 4.39 Å². The van der Waals surface area contributed by atoms with Crippen LogP contribution in [0.1, 0.15) is 41.8 Å². The van der Waals surface area contributed by atoms with E-state index in [1.54, 1.807) is 48.9 Å². The van der Waals surface area contributed by atoms with Crippen LogP contribution in [-0.2, 0) is 6.42 Å². The van der Waals surface area contributed by atoms with E-state index >= 15 is 0 Å². The Morgan fingerprint density at radius 1 is 1.22 bits per heavy atom. The molecule has 0 saturated carbocycles. The van der Waals surface area contributed by atoms with E-state index in [1.165, 1.54) is 10.7 Å². The van der Waals surface area contributed by atoms with Crippen LogP contribution in [0.5, 0.6) is 0 Å². The first-order valence-corrected chi connectivity index (χ1v) is 10.3. The Morgan fingerprint density at radius 2 is 2.06 bits per heavy atom. The van der Waals surface area contributed by atoms with Crippen molar-refractivity contribution in [1.29, 1.82) is 0 Å². The summed E-state index contributed by atoms with van der Waals surface area (Å²) >= 11 is 5.91. The Hall–Kier alpha value is -3.72. The molecule has 1 atom stereocenters. The van der Waals surface area contributed by atoms with Crippen LogP contribution in [-0.4, -0.2) is 36.1 Å². The van der Waals surface area contributed by atoms with Crippen molar-refractivity contribution in [2.75, 3.05) is 0 Å². The van der Waals surface area contributed by atoms with Crippen molar-refractivity contribution in [3.63, 3.8) is 0 Å². The van der Waals surface area contributed by atoms with Crippen molar-refractivity contribution in [2.24, 2.45) is 0 Å². The van der Waals surface area contributed by atoms with Gasteiger partial charge in [-0.2, -0.15) is 4.68 Å². The molecule has 0 aliphatic rings. The lowest BCUT2D eigenvalue weighted by Gasteiger charge is -2.15. The van der Waals surface area contributed by atoms with Crippen molar-refractivity contribution in [3.8, 4) is 16.8 Å². The van der Waals surface area contributed by atoms with E-state index in [9.17, 15) is 9.18 Å². The maximum absolute atomic E-state index is 14.7. The first kappa shape index (κ1) is 21.5. The number of carbonyl (C=O) groups is 1. The second-order valence-electron chi connectivity index (χ2n) is 7.08. The monoisotopic (exact) mass is 451 g/mol. The number of carbonyl (C=O) groups excluding carboxylic acids is 1. The van der Waals surface area contributed by atoms with E-state index in [0.29, 0.717) is 40.3 Å². The first-order valence-electron chi connectivity index (χ1n) is 9.91. The quantitative estimate of drug-likeness (QED) is 0.476. The van der Waals surface area contributed by atoms with Crippen molar-refractivity contribution in [3.05, 3.63) is 82.9 Å². The topological polar surface area (TPSA) is 98.5 Å². The Morgan fingerprint density at radius 3 is 2.78 bits per heavy atom. The van der Waals surface area contributed by atoms with Gasteiger partial charge in [0.25, 0.3) is 5.91 Å². The number of aromatic nitrogens is 6. The number of halogens is 2. The SMILES string of the molecule is CCc1nnnn1-c1cc(C(=O)NC(C)c2cnccn2)cc(-c2ccc(Cl)cc2F)c1. The molecule has 0 saturated heterocycles. The maximum atomic E-state index is 14.7. The standard InChI is InChI=1S/C22H19ClFN7O/c1-3-21-28-29-30-31(21)17-9-14(18-5-4-16(23)11-19(18)24)8-15(10-17)22(32)27-13(2)20-12-25-6-7-26-20/h4-13H,3H2,1-2H3,(H,27,32). The van der Waals surface area contributed by atoms with Gasteiger partial charge in [0.05, 0.1) is 23.6 Å². The zero-order chi connectivity index (χ0) is 22.7. The number of aryl methyl sites for hydroxylation is 1. The van der Waals surface area contributed by atoms with Crippen molar-refractivity contribution in [1.82, 2.24) is 35.5 Å². The summed E-state index contributed by atoms with van der Waals surface area (Å²) in [4.78, 5) is 21.3. The zero-order valence-corrected chi connectivity index (χ0v) is 18.1. The summed E-state index contributed by atoms with van der Waals surface area (Å²) < 4.78 is 16.2. The number of amides is 1. The number of rotatable bonds is 6. The van der Waals surface area contributed by atoms with Gasteiger partial charge in [0.15, 0.2) is 5.82 Å². The van der Waals surface area contributed by atoms with Gasteiger partial charge < -0.3 is 5.32 Å². The predicted octanol–water partition coefficient (Wildman–Crippen LogP) is 3.97. The van der Waals surface area contributed by atoms with Gasteiger partial charge in [-0.1, -0.05) is 18.5 Å². The maximum Gasteiger partial charge on any atom is 0.251 e.